The largest absolute Gasteiger partial charge is 0.377 e. The maximum Gasteiger partial charge on any atom is 0.0521 e. The van der Waals surface area contributed by atoms with Gasteiger partial charge in [-0.2, -0.15) is 0 Å². The second kappa shape index (κ2) is 5.41. The lowest BCUT2D eigenvalue weighted by Gasteiger charge is -2.24. The van der Waals surface area contributed by atoms with Gasteiger partial charge in [-0.1, -0.05) is 48.5 Å². The Labute approximate surface area is 142 Å². The summed E-state index contributed by atoms with van der Waals surface area (Å²) in [4.78, 5) is 4.47. The van der Waals surface area contributed by atoms with Crippen LogP contribution in [0.5, 0.6) is 0 Å². The van der Waals surface area contributed by atoms with E-state index in [1.165, 1.54) is 43.7 Å². The van der Waals surface area contributed by atoms with Crippen molar-refractivity contribution in [1.29, 1.82) is 0 Å². The summed E-state index contributed by atoms with van der Waals surface area (Å²) in [6.45, 7) is 0. The molecule has 0 N–H and O–H groups in total. The molecule has 4 aromatic rings. The zero-order chi connectivity index (χ0) is 16.8. The topological polar surface area (TPSA) is 6.48 Å². The second-order valence-corrected chi connectivity index (χ2v) is 6.78. The monoisotopic (exact) mass is 314 g/mol. The summed E-state index contributed by atoms with van der Waals surface area (Å²) >= 11 is 0. The quantitative estimate of drug-likeness (QED) is 0.465. The lowest BCUT2D eigenvalue weighted by molar-refractivity contribution is 1.14. The molecular formula is C22H22N2. The first kappa shape index (κ1) is 14.8. The van der Waals surface area contributed by atoms with E-state index in [9.17, 15) is 0 Å². The Morgan fingerprint density at radius 2 is 0.875 bits per heavy atom. The van der Waals surface area contributed by atoms with Crippen molar-refractivity contribution in [2.24, 2.45) is 0 Å². The SMILES string of the molecule is CN(C)c1c2ccccc2cc2c(N(C)C)c3ccccc3cc12. The predicted octanol–water partition coefficient (Wildman–Crippen LogP) is 5.28. The van der Waals surface area contributed by atoms with Crippen molar-refractivity contribution in [1.82, 2.24) is 0 Å². The number of nitrogens with zero attached hydrogens (tertiary/aromatic N) is 2. The van der Waals surface area contributed by atoms with Crippen LogP contribution >= 0.6 is 0 Å². The van der Waals surface area contributed by atoms with Crippen LogP contribution in [0, 0.1) is 0 Å². The fraction of sp³-hybridized carbons (Fsp3) is 0.182. The third-order valence-electron chi connectivity index (χ3n) is 4.73. The first-order chi connectivity index (χ1) is 11.6. The summed E-state index contributed by atoms with van der Waals surface area (Å²) in [5, 5.41) is 7.78. The molecule has 4 aromatic carbocycles. The highest BCUT2D eigenvalue weighted by Crippen LogP contribution is 2.42. The molecule has 2 heteroatoms. The Kier molecular flexibility index (Phi) is 3.34. The number of hydrogen-bond donors (Lipinski definition) is 0. The summed E-state index contributed by atoms with van der Waals surface area (Å²) < 4.78 is 0. The Bertz CT molecular complexity index is 975. The van der Waals surface area contributed by atoms with Crippen LogP contribution in [0.2, 0.25) is 0 Å². The molecule has 4 rings (SSSR count). The summed E-state index contributed by atoms with van der Waals surface area (Å²) in [7, 11) is 8.52. The summed E-state index contributed by atoms with van der Waals surface area (Å²) in [6.07, 6.45) is 0. The van der Waals surface area contributed by atoms with Crippen molar-refractivity contribution in [2.45, 2.75) is 0 Å². The molecule has 0 spiro atoms. The van der Waals surface area contributed by atoms with E-state index in [4.69, 9.17) is 0 Å². The predicted molar refractivity (Wildman–Crippen MR) is 108 cm³/mol. The molecule has 0 atom stereocenters. The molecule has 0 saturated carbocycles. The van der Waals surface area contributed by atoms with Gasteiger partial charge in [-0.25, -0.2) is 0 Å². The van der Waals surface area contributed by atoms with E-state index >= 15 is 0 Å². The van der Waals surface area contributed by atoms with Gasteiger partial charge < -0.3 is 9.80 Å². The fourth-order valence-electron chi connectivity index (χ4n) is 3.79. The smallest absolute Gasteiger partial charge is 0.0521 e. The molecule has 120 valence electrons. The number of fused-ring (bicyclic) bond motifs is 3. The molecule has 0 aliphatic rings. The summed E-state index contributed by atoms with van der Waals surface area (Å²) in [5.41, 5.74) is 2.58. The first-order valence-corrected chi connectivity index (χ1v) is 8.30. The van der Waals surface area contributed by atoms with Crippen molar-refractivity contribution in [2.75, 3.05) is 38.0 Å². The third-order valence-corrected chi connectivity index (χ3v) is 4.73. The van der Waals surface area contributed by atoms with E-state index in [1.807, 2.05) is 0 Å². The van der Waals surface area contributed by atoms with Crippen molar-refractivity contribution >= 4 is 43.7 Å². The highest BCUT2D eigenvalue weighted by atomic mass is 15.1. The minimum Gasteiger partial charge on any atom is -0.377 e. The Balaban J connectivity index is 2.32. The maximum atomic E-state index is 2.33. The van der Waals surface area contributed by atoms with Gasteiger partial charge in [0.2, 0.25) is 0 Å². The Morgan fingerprint density at radius 1 is 0.500 bits per heavy atom. The van der Waals surface area contributed by atoms with Gasteiger partial charge in [0.15, 0.2) is 0 Å². The first-order valence-electron chi connectivity index (χ1n) is 8.30. The van der Waals surface area contributed by atoms with Crippen LogP contribution < -0.4 is 9.80 Å². The van der Waals surface area contributed by atoms with E-state index in [1.54, 1.807) is 0 Å². The molecule has 0 unspecified atom stereocenters. The van der Waals surface area contributed by atoms with E-state index < -0.39 is 0 Å². The number of hydrogen-bond acceptors (Lipinski definition) is 2. The molecule has 24 heavy (non-hydrogen) atoms. The van der Waals surface area contributed by atoms with Gasteiger partial charge in [-0.3, -0.25) is 0 Å². The van der Waals surface area contributed by atoms with Gasteiger partial charge >= 0.3 is 0 Å². The van der Waals surface area contributed by atoms with Gasteiger partial charge in [0.05, 0.1) is 11.4 Å². The van der Waals surface area contributed by atoms with Crippen LogP contribution in [0.15, 0.2) is 60.7 Å². The highest BCUT2D eigenvalue weighted by Gasteiger charge is 2.15. The van der Waals surface area contributed by atoms with E-state index in [0.717, 1.165) is 0 Å². The van der Waals surface area contributed by atoms with E-state index in [0.29, 0.717) is 0 Å². The molecule has 0 amide bonds. The van der Waals surface area contributed by atoms with Crippen LogP contribution in [0.25, 0.3) is 32.3 Å². The van der Waals surface area contributed by atoms with E-state index in [2.05, 4.69) is 98.7 Å². The van der Waals surface area contributed by atoms with Crippen LogP contribution in [0.3, 0.4) is 0 Å². The zero-order valence-corrected chi connectivity index (χ0v) is 14.7. The summed E-state index contributed by atoms with van der Waals surface area (Å²) in [6, 6.07) is 22.0. The van der Waals surface area contributed by atoms with Crippen molar-refractivity contribution in [3.05, 3.63) is 60.7 Å². The molecule has 0 radical (unpaired) electrons. The number of benzene rings is 4. The molecule has 0 bridgehead atoms. The fourth-order valence-corrected chi connectivity index (χ4v) is 3.79. The van der Waals surface area contributed by atoms with Gasteiger partial charge in [0.1, 0.15) is 0 Å². The second-order valence-electron chi connectivity index (χ2n) is 6.78. The average Bonchev–Trinajstić information content (AvgIpc) is 2.56. The lowest BCUT2D eigenvalue weighted by atomic mass is 9.95. The van der Waals surface area contributed by atoms with Crippen LogP contribution in [0.4, 0.5) is 11.4 Å². The molecule has 2 nitrogen and oxygen atoms in total. The lowest BCUT2D eigenvalue weighted by Crippen LogP contribution is -2.12. The average molecular weight is 314 g/mol. The van der Waals surface area contributed by atoms with E-state index in [-0.39, 0.29) is 0 Å². The molecule has 0 fully saturated rings. The van der Waals surface area contributed by atoms with Gasteiger partial charge in [-0.05, 0) is 22.9 Å². The van der Waals surface area contributed by atoms with Crippen molar-refractivity contribution in [3.63, 3.8) is 0 Å². The standard InChI is InChI=1S/C22H22N2/c1-23(2)21-17-11-7-5-9-15(17)14-20-19(21)13-16-10-6-8-12-18(16)22(20)24(3)4/h5-14H,1-4H3. The third kappa shape index (κ3) is 2.10. The highest BCUT2D eigenvalue weighted by molar-refractivity contribution is 6.20. The molecular weight excluding hydrogens is 292 g/mol. The molecule has 0 saturated heterocycles. The summed E-state index contributed by atoms with van der Waals surface area (Å²) in [5.74, 6) is 0. The maximum absolute atomic E-state index is 2.33. The molecule has 0 heterocycles. The molecule has 0 aliphatic carbocycles. The Morgan fingerprint density at radius 3 is 1.25 bits per heavy atom. The number of anilines is 2. The van der Waals surface area contributed by atoms with Gasteiger partial charge in [-0.15, -0.1) is 0 Å². The number of rotatable bonds is 2. The van der Waals surface area contributed by atoms with Gasteiger partial charge in [0.25, 0.3) is 0 Å². The molecule has 0 aromatic heterocycles. The normalized spacial score (nSPS) is 11.3. The van der Waals surface area contributed by atoms with Crippen molar-refractivity contribution < 1.29 is 0 Å². The van der Waals surface area contributed by atoms with Crippen LogP contribution in [0.1, 0.15) is 0 Å². The molecule has 0 aliphatic heterocycles. The Hall–Kier alpha value is -2.74. The van der Waals surface area contributed by atoms with Crippen LogP contribution in [-0.4, -0.2) is 28.2 Å². The van der Waals surface area contributed by atoms with Crippen molar-refractivity contribution in [3.8, 4) is 0 Å². The van der Waals surface area contributed by atoms with Gasteiger partial charge in [0, 0.05) is 49.7 Å². The van der Waals surface area contributed by atoms with Crippen LogP contribution in [-0.2, 0) is 0 Å². The minimum absolute atomic E-state index is 1.28. The minimum atomic E-state index is 1.28. The zero-order valence-electron chi connectivity index (χ0n) is 14.7.